The van der Waals surface area contributed by atoms with Crippen LogP contribution in [0.5, 0.6) is 0 Å². The van der Waals surface area contributed by atoms with E-state index in [0.29, 0.717) is 29.6 Å². The monoisotopic (exact) mass is 359 g/mol. The van der Waals surface area contributed by atoms with E-state index < -0.39 is 0 Å². The lowest BCUT2D eigenvalue weighted by molar-refractivity contribution is -0.127. The van der Waals surface area contributed by atoms with Crippen LogP contribution >= 0.6 is 11.8 Å². The van der Waals surface area contributed by atoms with Gasteiger partial charge in [0.25, 0.3) is 0 Å². The van der Waals surface area contributed by atoms with Gasteiger partial charge in [-0.15, -0.1) is 10.2 Å². The van der Waals surface area contributed by atoms with E-state index >= 15 is 0 Å². The van der Waals surface area contributed by atoms with Crippen molar-refractivity contribution in [2.75, 3.05) is 18.8 Å². The summed E-state index contributed by atoms with van der Waals surface area (Å²) in [5.41, 5.74) is 2.08. The van der Waals surface area contributed by atoms with Crippen molar-refractivity contribution in [1.29, 1.82) is 0 Å². The minimum atomic E-state index is -0.291. The van der Waals surface area contributed by atoms with Crippen molar-refractivity contribution in [1.82, 2.24) is 24.7 Å². The van der Waals surface area contributed by atoms with Crippen molar-refractivity contribution in [3.05, 3.63) is 42.2 Å². The summed E-state index contributed by atoms with van der Waals surface area (Å²) in [7, 11) is 0. The third-order valence-electron chi connectivity index (χ3n) is 3.82. The van der Waals surface area contributed by atoms with Gasteiger partial charge < -0.3 is 4.90 Å². The third kappa shape index (κ3) is 3.79. The summed E-state index contributed by atoms with van der Waals surface area (Å²) in [4.78, 5) is 13.9. The Labute approximate surface area is 149 Å². The minimum Gasteiger partial charge on any atom is -0.343 e. The smallest absolute Gasteiger partial charge is 0.233 e. The second-order valence-electron chi connectivity index (χ2n) is 5.33. The Morgan fingerprint density at radius 1 is 1.12 bits per heavy atom. The highest BCUT2D eigenvalue weighted by Crippen LogP contribution is 2.21. The number of carbonyl (C=O) groups excluding carboxylic acids is 1. The molecular formula is C17H18FN5OS. The lowest BCUT2D eigenvalue weighted by Crippen LogP contribution is -2.31. The molecule has 0 saturated heterocycles. The van der Waals surface area contributed by atoms with Crippen LogP contribution in [-0.2, 0) is 4.79 Å². The number of hydrogen-bond acceptors (Lipinski definition) is 5. The molecule has 1 amide bonds. The molecule has 0 aliphatic rings. The van der Waals surface area contributed by atoms with Gasteiger partial charge >= 0.3 is 0 Å². The summed E-state index contributed by atoms with van der Waals surface area (Å²) in [6, 6.07) is 9.74. The highest BCUT2D eigenvalue weighted by atomic mass is 32.2. The first-order valence-electron chi connectivity index (χ1n) is 8.01. The lowest BCUT2D eigenvalue weighted by Gasteiger charge is -2.17. The molecule has 6 nitrogen and oxygen atoms in total. The van der Waals surface area contributed by atoms with Crippen molar-refractivity contribution in [3.63, 3.8) is 0 Å². The second kappa shape index (κ2) is 7.60. The molecular weight excluding hydrogens is 341 g/mol. The van der Waals surface area contributed by atoms with E-state index in [1.807, 2.05) is 19.9 Å². The van der Waals surface area contributed by atoms with Gasteiger partial charge in [-0.25, -0.2) is 4.39 Å². The number of carbonyl (C=O) groups is 1. The van der Waals surface area contributed by atoms with Gasteiger partial charge in [-0.2, -0.15) is 9.61 Å². The van der Waals surface area contributed by atoms with Crippen LogP contribution in [0, 0.1) is 5.82 Å². The maximum absolute atomic E-state index is 13.1. The molecule has 0 spiro atoms. The zero-order chi connectivity index (χ0) is 17.8. The molecule has 0 aliphatic carbocycles. The number of aromatic nitrogens is 4. The van der Waals surface area contributed by atoms with Gasteiger partial charge in [-0.05, 0) is 50.2 Å². The average molecular weight is 359 g/mol. The third-order valence-corrected chi connectivity index (χ3v) is 4.72. The fraction of sp³-hybridized carbons (Fsp3) is 0.294. The van der Waals surface area contributed by atoms with E-state index in [-0.39, 0.29) is 17.5 Å². The van der Waals surface area contributed by atoms with Gasteiger partial charge in [0.15, 0.2) is 5.65 Å². The Hall–Kier alpha value is -2.48. The van der Waals surface area contributed by atoms with Crippen LogP contribution in [0.2, 0.25) is 0 Å². The van der Waals surface area contributed by atoms with Crippen molar-refractivity contribution in [3.8, 4) is 11.3 Å². The normalized spacial score (nSPS) is 11.0. The molecule has 0 bridgehead atoms. The van der Waals surface area contributed by atoms with Gasteiger partial charge in [-0.1, -0.05) is 11.8 Å². The van der Waals surface area contributed by atoms with Gasteiger partial charge in [0.2, 0.25) is 11.1 Å². The average Bonchev–Trinajstić information content (AvgIpc) is 3.04. The number of thioether (sulfide) groups is 1. The Kier molecular flexibility index (Phi) is 5.28. The predicted molar refractivity (Wildman–Crippen MR) is 94.8 cm³/mol. The number of amides is 1. The predicted octanol–water partition coefficient (Wildman–Crippen LogP) is 2.89. The number of fused-ring (bicyclic) bond motifs is 1. The van der Waals surface area contributed by atoms with Gasteiger partial charge in [0, 0.05) is 18.7 Å². The zero-order valence-electron chi connectivity index (χ0n) is 14.0. The summed E-state index contributed by atoms with van der Waals surface area (Å²) < 4.78 is 14.7. The first-order chi connectivity index (χ1) is 12.1. The molecule has 0 atom stereocenters. The molecule has 0 unspecified atom stereocenters. The van der Waals surface area contributed by atoms with Crippen LogP contribution in [0.1, 0.15) is 13.8 Å². The number of hydrogen-bond donors (Lipinski definition) is 0. The fourth-order valence-electron chi connectivity index (χ4n) is 2.43. The molecule has 3 aromatic rings. The molecule has 0 N–H and O–H groups in total. The topological polar surface area (TPSA) is 63.4 Å². The van der Waals surface area contributed by atoms with E-state index in [1.54, 1.807) is 27.6 Å². The van der Waals surface area contributed by atoms with Crippen LogP contribution in [0.25, 0.3) is 16.9 Å². The van der Waals surface area contributed by atoms with Crippen molar-refractivity contribution < 1.29 is 9.18 Å². The molecule has 8 heteroatoms. The van der Waals surface area contributed by atoms with E-state index in [9.17, 15) is 9.18 Å². The molecule has 1 aromatic carbocycles. The Morgan fingerprint density at radius 2 is 1.84 bits per heavy atom. The minimum absolute atomic E-state index is 0.0569. The van der Waals surface area contributed by atoms with Crippen molar-refractivity contribution in [2.24, 2.45) is 0 Å². The second-order valence-corrected chi connectivity index (χ2v) is 6.28. The maximum Gasteiger partial charge on any atom is 0.233 e. The molecule has 0 fully saturated rings. The van der Waals surface area contributed by atoms with E-state index in [4.69, 9.17) is 0 Å². The van der Waals surface area contributed by atoms with Gasteiger partial charge in [0.1, 0.15) is 5.82 Å². The maximum atomic E-state index is 13.1. The summed E-state index contributed by atoms with van der Waals surface area (Å²) >= 11 is 1.31. The molecule has 0 radical (unpaired) electrons. The molecule has 3 rings (SSSR count). The summed E-state index contributed by atoms with van der Waals surface area (Å²) in [6.07, 6.45) is 0. The van der Waals surface area contributed by atoms with E-state index in [1.165, 1.54) is 23.9 Å². The molecule has 130 valence electrons. The van der Waals surface area contributed by atoms with Crippen LogP contribution in [0.4, 0.5) is 4.39 Å². The molecule has 2 aromatic heterocycles. The first-order valence-corrected chi connectivity index (χ1v) is 9.00. The standard InChI is InChI=1S/C17H18FN5OS/c1-3-22(4-2)16(24)11-25-17-20-19-15-10-9-14(21-23(15)17)12-5-7-13(18)8-6-12/h5-10H,3-4,11H2,1-2H3. The quantitative estimate of drug-likeness (QED) is 0.633. The summed E-state index contributed by atoms with van der Waals surface area (Å²) in [5, 5.41) is 13.3. The highest BCUT2D eigenvalue weighted by Gasteiger charge is 2.14. The fourth-order valence-corrected chi connectivity index (χ4v) is 3.22. The Bertz CT molecular complexity index is 876. The van der Waals surface area contributed by atoms with Crippen molar-refractivity contribution >= 4 is 23.3 Å². The summed E-state index contributed by atoms with van der Waals surface area (Å²) in [5.74, 6) is 0.0482. The first kappa shape index (κ1) is 17.3. The number of nitrogens with zero attached hydrogens (tertiary/aromatic N) is 5. The highest BCUT2D eigenvalue weighted by molar-refractivity contribution is 7.99. The van der Waals surface area contributed by atoms with Crippen LogP contribution in [0.3, 0.4) is 0 Å². The Balaban J connectivity index is 1.83. The largest absolute Gasteiger partial charge is 0.343 e. The summed E-state index contributed by atoms with van der Waals surface area (Å²) in [6.45, 7) is 5.27. The van der Waals surface area contributed by atoms with Gasteiger partial charge in [-0.3, -0.25) is 4.79 Å². The number of rotatable bonds is 6. The van der Waals surface area contributed by atoms with Gasteiger partial charge in [0.05, 0.1) is 11.4 Å². The van der Waals surface area contributed by atoms with E-state index in [2.05, 4.69) is 15.3 Å². The molecule has 2 heterocycles. The van der Waals surface area contributed by atoms with E-state index in [0.717, 1.165) is 5.56 Å². The molecule has 25 heavy (non-hydrogen) atoms. The SMILES string of the molecule is CCN(CC)C(=O)CSc1nnc2ccc(-c3ccc(F)cc3)nn12. The van der Waals surface area contributed by atoms with Crippen LogP contribution in [-0.4, -0.2) is 49.5 Å². The zero-order valence-corrected chi connectivity index (χ0v) is 14.8. The molecule has 0 saturated carbocycles. The lowest BCUT2D eigenvalue weighted by atomic mass is 10.1. The Morgan fingerprint density at radius 3 is 2.52 bits per heavy atom. The van der Waals surface area contributed by atoms with Crippen LogP contribution < -0.4 is 0 Å². The number of benzene rings is 1. The molecule has 0 aliphatic heterocycles. The van der Waals surface area contributed by atoms with Crippen molar-refractivity contribution in [2.45, 2.75) is 19.0 Å². The van der Waals surface area contributed by atoms with Crippen LogP contribution in [0.15, 0.2) is 41.6 Å². The number of halogens is 1.